The van der Waals surface area contributed by atoms with E-state index in [4.69, 9.17) is 11.6 Å². The molecule has 0 saturated heterocycles. The van der Waals surface area contributed by atoms with E-state index in [1.54, 1.807) is 6.07 Å². The van der Waals surface area contributed by atoms with E-state index in [0.717, 1.165) is 0 Å². The second kappa shape index (κ2) is 5.20. The van der Waals surface area contributed by atoms with Crippen molar-refractivity contribution in [1.82, 2.24) is 9.78 Å². The fourth-order valence-corrected chi connectivity index (χ4v) is 2.31. The highest BCUT2D eigenvalue weighted by molar-refractivity contribution is 9.10. The third-order valence-corrected chi connectivity index (χ3v) is 3.59. The zero-order chi connectivity index (χ0) is 13.3. The molecule has 0 atom stereocenters. The Morgan fingerprint density at radius 1 is 1.56 bits per heavy atom. The minimum absolute atomic E-state index is 0.134. The molecule has 0 aliphatic heterocycles. The third kappa shape index (κ3) is 2.20. The summed E-state index contributed by atoms with van der Waals surface area (Å²) in [5, 5.41) is 4.25. The van der Waals surface area contributed by atoms with Crippen LogP contribution in [0, 0.1) is 5.82 Å². The first kappa shape index (κ1) is 13.2. The molecule has 0 aliphatic carbocycles. The van der Waals surface area contributed by atoms with Crippen LogP contribution >= 0.6 is 27.5 Å². The number of rotatable bonds is 3. The zero-order valence-corrected chi connectivity index (χ0v) is 11.8. The monoisotopic (exact) mass is 330 g/mol. The second-order valence-electron chi connectivity index (χ2n) is 3.59. The van der Waals surface area contributed by atoms with Crippen LogP contribution in [0.5, 0.6) is 0 Å². The van der Waals surface area contributed by atoms with Gasteiger partial charge < -0.3 is 0 Å². The van der Waals surface area contributed by atoms with Crippen molar-refractivity contribution in [3.05, 3.63) is 51.0 Å². The van der Waals surface area contributed by atoms with Gasteiger partial charge in [-0.1, -0.05) is 17.7 Å². The summed E-state index contributed by atoms with van der Waals surface area (Å²) >= 11 is 9.02. The number of ketones is 1. The topological polar surface area (TPSA) is 34.9 Å². The Labute approximate surface area is 117 Å². The number of hydrogen-bond donors (Lipinski definition) is 0. The number of nitrogens with zero attached hydrogens (tertiary/aromatic N) is 2. The summed E-state index contributed by atoms with van der Waals surface area (Å²) in [4.78, 5) is 12.3. The first-order valence-corrected chi connectivity index (χ1v) is 6.43. The van der Waals surface area contributed by atoms with Gasteiger partial charge in [-0.2, -0.15) is 5.10 Å². The highest BCUT2D eigenvalue weighted by Crippen LogP contribution is 2.26. The van der Waals surface area contributed by atoms with Gasteiger partial charge in [0, 0.05) is 12.1 Å². The summed E-state index contributed by atoms with van der Waals surface area (Å²) in [7, 11) is 0. The van der Waals surface area contributed by atoms with E-state index in [0.29, 0.717) is 6.54 Å². The van der Waals surface area contributed by atoms with Crippen molar-refractivity contribution >= 4 is 33.3 Å². The Morgan fingerprint density at radius 2 is 2.28 bits per heavy atom. The van der Waals surface area contributed by atoms with Gasteiger partial charge in [-0.3, -0.25) is 9.48 Å². The zero-order valence-electron chi connectivity index (χ0n) is 9.45. The molecule has 0 spiro atoms. The van der Waals surface area contributed by atoms with Crippen molar-refractivity contribution in [2.75, 3.05) is 0 Å². The number of benzene rings is 1. The Bertz CT molecular complexity index is 612. The van der Waals surface area contributed by atoms with Gasteiger partial charge in [0.2, 0.25) is 5.78 Å². The van der Waals surface area contributed by atoms with Gasteiger partial charge in [-0.05, 0) is 35.0 Å². The SMILES string of the molecule is CCn1ncc(Cl)c1C(=O)c1cccc(F)c1Br. The lowest BCUT2D eigenvalue weighted by Gasteiger charge is -2.07. The number of carbonyl (C=O) groups excluding carboxylic acids is 1. The smallest absolute Gasteiger partial charge is 0.213 e. The molecule has 94 valence electrons. The molecule has 0 N–H and O–H groups in total. The quantitative estimate of drug-likeness (QED) is 0.804. The summed E-state index contributed by atoms with van der Waals surface area (Å²) in [5.74, 6) is -0.842. The molecule has 6 heteroatoms. The predicted molar refractivity (Wildman–Crippen MR) is 70.4 cm³/mol. The molecule has 0 saturated carbocycles. The van der Waals surface area contributed by atoms with Crippen LogP contribution in [0.4, 0.5) is 4.39 Å². The molecule has 0 radical (unpaired) electrons. The van der Waals surface area contributed by atoms with Crippen LogP contribution in [-0.4, -0.2) is 15.6 Å². The molecule has 2 rings (SSSR count). The van der Waals surface area contributed by atoms with Gasteiger partial charge in [-0.15, -0.1) is 0 Å². The van der Waals surface area contributed by atoms with E-state index in [1.807, 2.05) is 6.92 Å². The normalized spacial score (nSPS) is 10.7. The van der Waals surface area contributed by atoms with Crippen LogP contribution in [0.15, 0.2) is 28.9 Å². The summed E-state index contributed by atoms with van der Waals surface area (Å²) < 4.78 is 15.0. The molecule has 18 heavy (non-hydrogen) atoms. The molecule has 1 aromatic carbocycles. The maximum Gasteiger partial charge on any atom is 0.213 e. The molecule has 0 bridgehead atoms. The van der Waals surface area contributed by atoms with E-state index in [9.17, 15) is 9.18 Å². The van der Waals surface area contributed by atoms with Crippen LogP contribution in [-0.2, 0) is 6.54 Å². The summed E-state index contributed by atoms with van der Waals surface area (Å²) in [6, 6.07) is 4.30. The minimum Gasteiger partial charge on any atom is -0.287 e. The Balaban J connectivity index is 2.55. The number of hydrogen-bond acceptors (Lipinski definition) is 2. The van der Waals surface area contributed by atoms with Gasteiger partial charge in [0.05, 0.1) is 15.7 Å². The van der Waals surface area contributed by atoms with E-state index >= 15 is 0 Å². The largest absolute Gasteiger partial charge is 0.287 e. The lowest BCUT2D eigenvalue weighted by Crippen LogP contribution is -2.12. The Kier molecular flexibility index (Phi) is 3.82. The molecular weight excluding hydrogens is 322 g/mol. The molecular formula is C12H9BrClFN2O. The molecule has 0 fully saturated rings. The Hall–Kier alpha value is -1.20. The highest BCUT2D eigenvalue weighted by Gasteiger charge is 2.21. The van der Waals surface area contributed by atoms with Crippen molar-refractivity contribution in [3.8, 4) is 0 Å². The van der Waals surface area contributed by atoms with E-state index in [1.165, 1.54) is 23.0 Å². The lowest BCUT2D eigenvalue weighted by atomic mass is 10.1. The molecule has 1 aromatic heterocycles. The van der Waals surface area contributed by atoms with E-state index < -0.39 is 5.82 Å². The molecule has 0 aliphatic rings. The summed E-state index contributed by atoms with van der Waals surface area (Å²) in [6.07, 6.45) is 1.41. The van der Waals surface area contributed by atoms with Crippen LogP contribution < -0.4 is 0 Å². The number of aryl methyl sites for hydroxylation is 1. The first-order valence-electron chi connectivity index (χ1n) is 5.26. The van der Waals surface area contributed by atoms with Gasteiger partial charge in [0.15, 0.2) is 0 Å². The van der Waals surface area contributed by atoms with Gasteiger partial charge in [0.25, 0.3) is 0 Å². The maximum atomic E-state index is 13.4. The highest BCUT2D eigenvalue weighted by atomic mass is 79.9. The van der Waals surface area contributed by atoms with E-state index in [-0.39, 0.29) is 26.5 Å². The van der Waals surface area contributed by atoms with Crippen LogP contribution in [0.3, 0.4) is 0 Å². The van der Waals surface area contributed by atoms with Crippen molar-refractivity contribution in [1.29, 1.82) is 0 Å². The molecule has 2 aromatic rings. The average molecular weight is 332 g/mol. The molecule has 0 amide bonds. The van der Waals surface area contributed by atoms with Gasteiger partial charge in [0.1, 0.15) is 11.5 Å². The molecule has 3 nitrogen and oxygen atoms in total. The van der Waals surface area contributed by atoms with Crippen LogP contribution in [0.25, 0.3) is 0 Å². The summed E-state index contributed by atoms with van der Waals surface area (Å²) in [5.41, 5.74) is 0.498. The second-order valence-corrected chi connectivity index (χ2v) is 4.79. The van der Waals surface area contributed by atoms with Crippen molar-refractivity contribution < 1.29 is 9.18 Å². The maximum absolute atomic E-state index is 13.4. The summed E-state index contributed by atoms with van der Waals surface area (Å²) in [6.45, 7) is 2.36. The van der Waals surface area contributed by atoms with Crippen molar-refractivity contribution in [3.63, 3.8) is 0 Å². The molecule has 0 unspecified atom stereocenters. The van der Waals surface area contributed by atoms with Crippen LogP contribution in [0.1, 0.15) is 23.0 Å². The van der Waals surface area contributed by atoms with E-state index in [2.05, 4.69) is 21.0 Å². The first-order chi connectivity index (χ1) is 8.56. The minimum atomic E-state index is -0.487. The number of carbonyl (C=O) groups is 1. The fourth-order valence-electron chi connectivity index (χ4n) is 1.63. The van der Waals surface area contributed by atoms with Gasteiger partial charge >= 0.3 is 0 Å². The number of aromatic nitrogens is 2. The predicted octanol–water partition coefficient (Wildman–Crippen LogP) is 3.69. The number of halogens is 3. The van der Waals surface area contributed by atoms with Crippen molar-refractivity contribution in [2.45, 2.75) is 13.5 Å². The average Bonchev–Trinajstić information content (AvgIpc) is 2.73. The van der Waals surface area contributed by atoms with Crippen molar-refractivity contribution in [2.24, 2.45) is 0 Å². The Morgan fingerprint density at radius 3 is 2.94 bits per heavy atom. The lowest BCUT2D eigenvalue weighted by molar-refractivity contribution is 0.102. The fraction of sp³-hybridized carbons (Fsp3) is 0.167. The molecule has 1 heterocycles. The third-order valence-electron chi connectivity index (χ3n) is 2.51. The van der Waals surface area contributed by atoms with Crippen LogP contribution in [0.2, 0.25) is 5.02 Å². The standard InChI is InChI=1S/C12H9BrClFN2O/c1-2-17-11(8(14)6-16-17)12(18)7-4-3-5-9(15)10(7)13/h3-6H,2H2,1H3. The van der Waals surface area contributed by atoms with Gasteiger partial charge in [-0.25, -0.2) is 4.39 Å².